The van der Waals surface area contributed by atoms with Crippen molar-refractivity contribution in [1.82, 2.24) is 14.8 Å². The molecule has 0 radical (unpaired) electrons. The van der Waals surface area contributed by atoms with Gasteiger partial charge in [0.05, 0.1) is 12.8 Å². The quantitative estimate of drug-likeness (QED) is 0.793. The van der Waals surface area contributed by atoms with Crippen LogP contribution in [0.4, 0.5) is 0 Å². The van der Waals surface area contributed by atoms with Crippen molar-refractivity contribution in [3.63, 3.8) is 0 Å². The molecule has 3 rings (SSSR count). The Bertz CT molecular complexity index is 759. The van der Waals surface area contributed by atoms with E-state index in [1.807, 2.05) is 12.1 Å². The minimum atomic E-state index is -3.47. The Labute approximate surface area is 131 Å². The van der Waals surface area contributed by atoms with Crippen LogP contribution in [0, 0.1) is 0 Å². The fourth-order valence-electron chi connectivity index (χ4n) is 1.99. The minimum absolute atomic E-state index is 0.371. The van der Waals surface area contributed by atoms with Gasteiger partial charge in [0.1, 0.15) is 6.10 Å². The highest BCUT2D eigenvalue weighted by Crippen LogP contribution is 2.28. The van der Waals surface area contributed by atoms with Crippen LogP contribution in [0.5, 0.6) is 0 Å². The van der Waals surface area contributed by atoms with E-state index >= 15 is 0 Å². The molecule has 0 saturated heterocycles. The molecule has 0 bridgehead atoms. The molecule has 1 aromatic carbocycles. The second kappa shape index (κ2) is 5.60. The van der Waals surface area contributed by atoms with Crippen LogP contribution in [-0.2, 0) is 20.8 Å². The largest absolute Gasteiger partial charge is 0.264 e. The van der Waals surface area contributed by atoms with E-state index in [4.69, 9.17) is 15.8 Å². The van der Waals surface area contributed by atoms with Crippen LogP contribution in [0.3, 0.4) is 0 Å². The van der Waals surface area contributed by atoms with E-state index in [0.29, 0.717) is 23.1 Å². The van der Waals surface area contributed by atoms with Gasteiger partial charge in [0.25, 0.3) is 10.1 Å². The summed E-state index contributed by atoms with van der Waals surface area (Å²) >= 11 is 7.29. The van der Waals surface area contributed by atoms with Gasteiger partial charge in [-0.25, -0.2) is 9.67 Å². The molecular weight excluding hydrogens is 334 g/mol. The smallest absolute Gasteiger partial charge is 0.264 e. The number of aromatic nitrogens is 3. The number of rotatable bonds is 3. The summed E-state index contributed by atoms with van der Waals surface area (Å²) in [5.41, 5.74) is 0.863. The van der Waals surface area contributed by atoms with Crippen molar-refractivity contribution in [3.05, 3.63) is 29.3 Å². The molecule has 6 nitrogen and oxygen atoms in total. The molecule has 2 heterocycles. The zero-order chi connectivity index (χ0) is 15.0. The van der Waals surface area contributed by atoms with Crippen molar-refractivity contribution in [3.8, 4) is 11.4 Å². The van der Waals surface area contributed by atoms with Gasteiger partial charge < -0.3 is 0 Å². The summed E-state index contributed by atoms with van der Waals surface area (Å²) in [7, 11) is -3.47. The van der Waals surface area contributed by atoms with E-state index in [0.717, 1.165) is 17.0 Å². The average Bonchev–Trinajstić information content (AvgIpc) is 2.80. The first kappa shape index (κ1) is 14.8. The number of fused-ring (bicyclic) bond motifs is 1. The zero-order valence-corrected chi connectivity index (χ0v) is 13.5. The Balaban J connectivity index is 1.83. The van der Waals surface area contributed by atoms with E-state index in [1.54, 1.807) is 16.8 Å². The van der Waals surface area contributed by atoms with Gasteiger partial charge in [-0.3, -0.25) is 4.18 Å². The SMILES string of the molecule is CS(=O)(=O)O[C@@H]1CSc2nc(-c3ccc(Cl)cc3)nn2C1. The maximum atomic E-state index is 11.2. The van der Waals surface area contributed by atoms with Gasteiger partial charge >= 0.3 is 0 Å². The van der Waals surface area contributed by atoms with Gasteiger partial charge in [-0.1, -0.05) is 23.4 Å². The van der Waals surface area contributed by atoms with E-state index < -0.39 is 16.2 Å². The van der Waals surface area contributed by atoms with Crippen molar-refractivity contribution in [2.24, 2.45) is 0 Å². The number of benzene rings is 1. The molecule has 9 heteroatoms. The van der Waals surface area contributed by atoms with E-state index in [2.05, 4.69) is 10.1 Å². The van der Waals surface area contributed by atoms with Crippen molar-refractivity contribution >= 4 is 33.5 Å². The molecule has 1 aliphatic rings. The van der Waals surface area contributed by atoms with Gasteiger partial charge in [0, 0.05) is 16.3 Å². The van der Waals surface area contributed by atoms with E-state index in [1.165, 1.54) is 11.8 Å². The highest BCUT2D eigenvalue weighted by atomic mass is 35.5. The molecule has 0 saturated carbocycles. The van der Waals surface area contributed by atoms with Crippen molar-refractivity contribution in [2.45, 2.75) is 17.8 Å². The van der Waals surface area contributed by atoms with Crippen LogP contribution in [0.1, 0.15) is 0 Å². The fourth-order valence-corrected chi connectivity index (χ4v) is 3.75. The third kappa shape index (κ3) is 3.57. The van der Waals surface area contributed by atoms with Crippen LogP contribution in [0.2, 0.25) is 5.02 Å². The Kier molecular flexibility index (Phi) is 3.96. The summed E-state index contributed by atoms with van der Waals surface area (Å²) in [5.74, 6) is 1.13. The first-order valence-electron chi connectivity index (χ1n) is 6.12. The number of nitrogens with zero attached hydrogens (tertiary/aromatic N) is 3. The lowest BCUT2D eigenvalue weighted by molar-refractivity contribution is 0.198. The van der Waals surface area contributed by atoms with Crippen molar-refractivity contribution in [2.75, 3.05) is 12.0 Å². The Morgan fingerprint density at radius 2 is 2.10 bits per heavy atom. The Hall–Kier alpha value is -1.09. The van der Waals surface area contributed by atoms with E-state index in [-0.39, 0.29) is 0 Å². The van der Waals surface area contributed by atoms with Crippen LogP contribution in [0.15, 0.2) is 29.4 Å². The molecule has 2 aromatic rings. The van der Waals surface area contributed by atoms with Crippen LogP contribution < -0.4 is 0 Å². The summed E-state index contributed by atoms with van der Waals surface area (Å²) in [6.45, 7) is 0.371. The molecule has 0 unspecified atom stereocenters. The molecular formula is C12H12ClN3O3S2. The van der Waals surface area contributed by atoms with Crippen molar-refractivity contribution in [1.29, 1.82) is 0 Å². The standard InChI is InChI=1S/C12H12ClN3O3S2/c1-21(17,18)19-10-6-16-12(20-7-10)14-11(15-16)8-2-4-9(13)5-3-8/h2-5,10H,6-7H2,1H3/t10-/m0/s1. The first-order chi connectivity index (χ1) is 9.90. The highest BCUT2D eigenvalue weighted by Gasteiger charge is 2.25. The Morgan fingerprint density at radius 1 is 1.38 bits per heavy atom. The molecule has 1 atom stereocenters. The number of hydrogen-bond donors (Lipinski definition) is 0. The molecule has 0 N–H and O–H groups in total. The first-order valence-corrected chi connectivity index (χ1v) is 9.30. The monoisotopic (exact) mass is 345 g/mol. The lowest BCUT2D eigenvalue weighted by Gasteiger charge is -2.20. The lowest BCUT2D eigenvalue weighted by Crippen LogP contribution is -2.29. The molecule has 0 spiro atoms. The molecule has 0 aliphatic carbocycles. The minimum Gasteiger partial charge on any atom is -0.264 e. The third-order valence-electron chi connectivity index (χ3n) is 2.83. The predicted molar refractivity (Wildman–Crippen MR) is 80.9 cm³/mol. The topological polar surface area (TPSA) is 74.1 Å². The Morgan fingerprint density at radius 3 is 2.76 bits per heavy atom. The van der Waals surface area contributed by atoms with Gasteiger partial charge in [0.2, 0.25) is 0 Å². The highest BCUT2D eigenvalue weighted by molar-refractivity contribution is 7.99. The number of thioether (sulfide) groups is 1. The molecule has 0 amide bonds. The maximum absolute atomic E-state index is 11.2. The summed E-state index contributed by atoms with van der Waals surface area (Å²) in [4.78, 5) is 4.45. The summed E-state index contributed by atoms with van der Waals surface area (Å²) in [6.07, 6.45) is 0.630. The van der Waals surface area contributed by atoms with Crippen LogP contribution >= 0.6 is 23.4 Å². The summed E-state index contributed by atoms with van der Waals surface area (Å²) in [5, 5.41) is 5.81. The van der Waals surface area contributed by atoms with Gasteiger partial charge in [-0.15, -0.1) is 5.10 Å². The average molecular weight is 346 g/mol. The molecule has 21 heavy (non-hydrogen) atoms. The van der Waals surface area contributed by atoms with Gasteiger partial charge in [-0.05, 0) is 24.3 Å². The summed E-state index contributed by atoms with van der Waals surface area (Å²) in [6, 6.07) is 7.25. The molecule has 1 aliphatic heterocycles. The number of hydrogen-bond acceptors (Lipinski definition) is 6. The predicted octanol–water partition coefficient (Wildman–Crippen LogP) is 2.05. The third-order valence-corrected chi connectivity index (χ3v) is 4.80. The molecule has 112 valence electrons. The molecule has 0 fully saturated rings. The lowest BCUT2D eigenvalue weighted by atomic mass is 10.2. The van der Waals surface area contributed by atoms with Gasteiger partial charge in [-0.2, -0.15) is 8.42 Å². The summed E-state index contributed by atoms with van der Waals surface area (Å²) < 4.78 is 29.0. The molecule has 1 aromatic heterocycles. The van der Waals surface area contributed by atoms with Crippen LogP contribution in [-0.4, -0.2) is 41.3 Å². The maximum Gasteiger partial charge on any atom is 0.264 e. The van der Waals surface area contributed by atoms with Gasteiger partial charge in [0.15, 0.2) is 11.0 Å². The van der Waals surface area contributed by atoms with Crippen LogP contribution in [0.25, 0.3) is 11.4 Å². The van der Waals surface area contributed by atoms with E-state index in [9.17, 15) is 8.42 Å². The second-order valence-corrected chi connectivity index (χ2v) is 7.66. The zero-order valence-electron chi connectivity index (χ0n) is 11.1. The normalized spacial score (nSPS) is 18.5. The second-order valence-electron chi connectivity index (χ2n) is 4.64. The van der Waals surface area contributed by atoms with Crippen molar-refractivity contribution < 1.29 is 12.6 Å². The fraction of sp³-hybridized carbons (Fsp3) is 0.333. The number of halogens is 1.